The van der Waals surface area contributed by atoms with Crippen molar-refractivity contribution < 1.29 is 19.0 Å². The number of ether oxygens (including phenoxy) is 3. The van der Waals surface area contributed by atoms with Crippen molar-refractivity contribution in [1.29, 1.82) is 0 Å². The van der Waals surface area contributed by atoms with Crippen molar-refractivity contribution in [2.75, 3.05) is 0 Å². The van der Waals surface area contributed by atoms with Crippen LogP contribution < -0.4 is 0 Å². The highest BCUT2D eigenvalue weighted by molar-refractivity contribution is 5.81. The van der Waals surface area contributed by atoms with E-state index in [-0.39, 0.29) is 12.4 Å². The molecule has 4 heteroatoms. The molecule has 0 amide bonds. The molecule has 0 aliphatic heterocycles. The molecule has 2 atom stereocenters. The van der Waals surface area contributed by atoms with E-state index in [2.05, 4.69) is 6.58 Å². The smallest absolute Gasteiger partial charge is 0.332 e. The maximum absolute atomic E-state index is 10.9. The van der Waals surface area contributed by atoms with Crippen molar-refractivity contribution in [3.63, 3.8) is 0 Å². The molecule has 0 aromatic carbocycles. The van der Waals surface area contributed by atoms with E-state index in [0.29, 0.717) is 0 Å². The van der Waals surface area contributed by atoms with E-state index < -0.39 is 12.3 Å². The highest BCUT2D eigenvalue weighted by atomic mass is 16.8. The molecular formula is C12H20O4. The van der Waals surface area contributed by atoms with E-state index >= 15 is 0 Å². The van der Waals surface area contributed by atoms with Gasteiger partial charge >= 0.3 is 5.97 Å². The lowest BCUT2D eigenvalue weighted by Crippen LogP contribution is -2.26. The van der Waals surface area contributed by atoms with Crippen molar-refractivity contribution in [3.8, 4) is 0 Å². The maximum Gasteiger partial charge on any atom is 0.332 e. The summed E-state index contributed by atoms with van der Waals surface area (Å²) in [5, 5.41) is 0. The minimum atomic E-state index is -0.609. The zero-order valence-electron chi connectivity index (χ0n) is 9.98. The largest absolute Gasteiger partial charge is 0.433 e. The van der Waals surface area contributed by atoms with Gasteiger partial charge in [-0.15, -0.1) is 0 Å². The average Bonchev–Trinajstić information content (AvgIpc) is 2.69. The zero-order chi connectivity index (χ0) is 12.0. The van der Waals surface area contributed by atoms with Crippen LogP contribution in [0.3, 0.4) is 0 Å². The Bertz CT molecular complexity index is 233. The van der Waals surface area contributed by atoms with E-state index in [1.165, 1.54) is 12.8 Å². The summed E-state index contributed by atoms with van der Waals surface area (Å²) >= 11 is 0. The number of carbonyl (C=O) groups is 1. The summed E-state index contributed by atoms with van der Waals surface area (Å²) in [4.78, 5) is 10.9. The normalized spacial score (nSPS) is 20.4. The molecule has 16 heavy (non-hydrogen) atoms. The van der Waals surface area contributed by atoms with Crippen molar-refractivity contribution >= 4 is 5.97 Å². The molecule has 0 saturated heterocycles. The monoisotopic (exact) mass is 228 g/mol. The van der Waals surface area contributed by atoms with Crippen molar-refractivity contribution in [3.05, 3.63) is 12.7 Å². The predicted octanol–water partition coefficient (Wildman–Crippen LogP) is 2.38. The quantitative estimate of drug-likeness (QED) is 0.398. The molecule has 0 aromatic rings. The van der Waals surface area contributed by atoms with Gasteiger partial charge in [0.25, 0.3) is 0 Å². The molecule has 1 rings (SSSR count). The molecule has 0 bridgehead atoms. The third-order valence-electron chi connectivity index (χ3n) is 2.52. The van der Waals surface area contributed by atoms with Gasteiger partial charge in [-0.3, -0.25) is 0 Å². The molecule has 1 aliphatic rings. The van der Waals surface area contributed by atoms with Crippen LogP contribution in [-0.2, 0) is 19.0 Å². The van der Waals surface area contributed by atoms with Crippen molar-refractivity contribution in [1.82, 2.24) is 0 Å². The molecule has 92 valence electrons. The molecular weight excluding hydrogens is 208 g/mol. The van der Waals surface area contributed by atoms with Gasteiger partial charge in [-0.05, 0) is 26.7 Å². The summed E-state index contributed by atoms with van der Waals surface area (Å²) in [5.74, 6) is -0.486. The van der Waals surface area contributed by atoms with Crippen LogP contribution in [0.5, 0.6) is 0 Å². The second-order valence-corrected chi connectivity index (χ2v) is 3.95. The predicted molar refractivity (Wildman–Crippen MR) is 59.6 cm³/mol. The van der Waals surface area contributed by atoms with Crippen LogP contribution in [0.15, 0.2) is 12.7 Å². The SMILES string of the molecule is C=CC(=O)OC(C)OC(C)OC1CCCC1. The maximum atomic E-state index is 10.9. The molecule has 0 aromatic heterocycles. The fraction of sp³-hybridized carbons (Fsp3) is 0.750. The molecule has 0 N–H and O–H groups in total. The standard InChI is InChI=1S/C12H20O4/c1-4-12(13)16-10(3)14-9(2)15-11-7-5-6-8-11/h4,9-11H,1,5-8H2,2-3H3. The lowest BCUT2D eigenvalue weighted by Gasteiger charge is -2.22. The van der Waals surface area contributed by atoms with Crippen molar-refractivity contribution in [2.45, 2.75) is 58.2 Å². The summed E-state index contributed by atoms with van der Waals surface area (Å²) in [5.41, 5.74) is 0. The van der Waals surface area contributed by atoms with Gasteiger partial charge in [0.15, 0.2) is 6.29 Å². The lowest BCUT2D eigenvalue weighted by atomic mass is 10.3. The Morgan fingerprint density at radius 1 is 1.31 bits per heavy atom. The number of esters is 1. The Morgan fingerprint density at radius 2 is 1.94 bits per heavy atom. The molecule has 0 radical (unpaired) electrons. The first kappa shape index (κ1) is 13.2. The first-order valence-electron chi connectivity index (χ1n) is 5.75. The van der Waals surface area contributed by atoms with Crippen LogP contribution in [0.2, 0.25) is 0 Å². The number of rotatable bonds is 6. The lowest BCUT2D eigenvalue weighted by molar-refractivity contribution is -0.237. The Kier molecular flexibility index (Phi) is 5.49. The molecule has 1 fully saturated rings. The van der Waals surface area contributed by atoms with Crippen LogP contribution in [0.25, 0.3) is 0 Å². The Morgan fingerprint density at radius 3 is 2.50 bits per heavy atom. The third kappa shape index (κ3) is 4.77. The number of hydrogen-bond donors (Lipinski definition) is 0. The summed E-state index contributed by atoms with van der Waals surface area (Å²) in [7, 11) is 0. The van der Waals surface area contributed by atoms with Crippen LogP contribution in [0, 0.1) is 0 Å². The summed E-state index contributed by atoms with van der Waals surface area (Å²) in [6.45, 7) is 6.79. The molecule has 2 unspecified atom stereocenters. The van der Waals surface area contributed by atoms with Gasteiger partial charge in [-0.2, -0.15) is 0 Å². The molecule has 0 spiro atoms. The molecule has 4 nitrogen and oxygen atoms in total. The average molecular weight is 228 g/mol. The van der Waals surface area contributed by atoms with E-state index in [4.69, 9.17) is 14.2 Å². The second kappa shape index (κ2) is 6.66. The van der Waals surface area contributed by atoms with E-state index in [0.717, 1.165) is 18.9 Å². The van der Waals surface area contributed by atoms with Crippen molar-refractivity contribution in [2.24, 2.45) is 0 Å². The minimum absolute atomic E-state index is 0.289. The zero-order valence-corrected chi connectivity index (χ0v) is 9.98. The Balaban J connectivity index is 2.19. The Hall–Kier alpha value is -0.870. The molecule has 1 saturated carbocycles. The van der Waals surface area contributed by atoms with Gasteiger partial charge in [-0.1, -0.05) is 19.4 Å². The first-order valence-corrected chi connectivity index (χ1v) is 5.75. The fourth-order valence-corrected chi connectivity index (χ4v) is 1.84. The van der Waals surface area contributed by atoms with Crippen LogP contribution in [0.1, 0.15) is 39.5 Å². The van der Waals surface area contributed by atoms with E-state index in [1.54, 1.807) is 6.92 Å². The summed E-state index contributed by atoms with van der Waals surface area (Å²) < 4.78 is 15.9. The fourth-order valence-electron chi connectivity index (χ4n) is 1.84. The minimum Gasteiger partial charge on any atom is -0.433 e. The van der Waals surface area contributed by atoms with Gasteiger partial charge in [0, 0.05) is 6.08 Å². The summed E-state index contributed by atoms with van der Waals surface area (Å²) in [6, 6.07) is 0. The third-order valence-corrected chi connectivity index (χ3v) is 2.52. The number of carbonyl (C=O) groups excluding carboxylic acids is 1. The molecule has 0 heterocycles. The van der Waals surface area contributed by atoms with Gasteiger partial charge in [0.2, 0.25) is 6.29 Å². The second-order valence-electron chi connectivity index (χ2n) is 3.95. The number of hydrogen-bond acceptors (Lipinski definition) is 4. The van der Waals surface area contributed by atoms with Gasteiger partial charge < -0.3 is 14.2 Å². The van der Waals surface area contributed by atoms with Crippen LogP contribution in [-0.4, -0.2) is 24.7 Å². The molecule has 1 aliphatic carbocycles. The van der Waals surface area contributed by atoms with Crippen LogP contribution in [0.4, 0.5) is 0 Å². The summed E-state index contributed by atoms with van der Waals surface area (Å²) in [6.07, 6.45) is 5.07. The topological polar surface area (TPSA) is 44.8 Å². The highest BCUT2D eigenvalue weighted by Crippen LogP contribution is 2.22. The first-order chi connectivity index (χ1) is 7.61. The Labute approximate surface area is 96.6 Å². The van der Waals surface area contributed by atoms with E-state index in [1.807, 2.05) is 6.92 Å². The van der Waals surface area contributed by atoms with E-state index in [9.17, 15) is 4.79 Å². The van der Waals surface area contributed by atoms with Crippen LogP contribution >= 0.6 is 0 Å². The van der Waals surface area contributed by atoms with Gasteiger partial charge in [0.1, 0.15) is 0 Å². The van der Waals surface area contributed by atoms with Gasteiger partial charge in [0.05, 0.1) is 6.10 Å². The van der Waals surface area contributed by atoms with Gasteiger partial charge in [-0.25, -0.2) is 4.79 Å². The highest BCUT2D eigenvalue weighted by Gasteiger charge is 2.20.